The number of hydrogen-bond donors (Lipinski definition) is 2. The average molecular weight is 367 g/mol. The standard InChI is InChI=1S/C22H29N3O2/c1-16(2)18-6-9-20(21(26)14-18)22(27)23-19-7-4-17(5-8-19)15-25-12-10-24(3)11-13-25/h4-9,14,16,26H,10-13,15H2,1-3H3,(H,23,27). The van der Waals surface area contributed by atoms with E-state index in [-0.39, 0.29) is 11.7 Å². The molecule has 3 rings (SSSR count). The lowest BCUT2D eigenvalue weighted by Crippen LogP contribution is -2.43. The van der Waals surface area contributed by atoms with Crippen molar-refractivity contribution in [3.05, 3.63) is 59.2 Å². The second-order valence-corrected chi connectivity index (χ2v) is 7.66. The number of carbonyl (C=O) groups excluding carboxylic acids is 1. The Kier molecular flexibility index (Phi) is 6.14. The maximum Gasteiger partial charge on any atom is 0.259 e. The van der Waals surface area contributed by atoms with Crippen LogP contribution in [0.4, 0.5) is 5.69 Å². The molecule has 0 atom stereocenters. The van der Waals surface area contributed by atoms with E-state index in [1.165, 1.54) is 5.56 Å². The summed E-state index contributed by atoms with van der Waals surface area (Å²) in [4.78, 5) is 17.3. The number of benzene rings is 2. The monoisotopic (exact) mass is 367 g/mol. The largest absolute Gasteiger partial charge is 0.507 e. The van der Waals surface area contributed by atoms with Crippen LogP contribution in [0.5, 0.6) is 5.75 Å². The lowest BCUT2D eigenvalue weighted by molar-refractivity contribution is 0.102. The predicted molar refractivity (Wildman–Crippen MR) is 109 cm³/mol. The molecule has 0 unspecified atom stereocenters. The highest BCUT2D eigenvalue weighted by Crippen LogP contribution is 2.24. The van der Waals surface area contributed by atoms with E-state index >= 15 is 0 Å². The van der Waals surface area contributed by atoms with Gasteiger partial charge in [-0.3, -0.25) is 9.69 Å². The number of carbonyl (C=O) groups is 1. The van der Waals surface area contributed by atoms with Gasteiger partial charge in [-0.25, -0.2) is 0 Å². The molecule has 2 aromatic carbocycles. The molecule has 5 heteroatoms. The quantitative estimate of drug-likeness (QED) is 0.849. The van der Waals surface area contributed by atoms with Crippen LogP contribution in [0.1, 0.15) is 41.3 Å². The Morgan fingerprint density at radius 3 is 2.33 bits per heavy atom. The van der Waals surface area contributed by atoms with E-state index in [0.717, 1.165) is 44.0 Å². The molecular formula is C22H29N3O2. The highest BCUT2D eigenvalue weighted by molar-refractivity contribution is 6.06. The summed E-state index contributed by atoms with van der Waals surface area (Å²) in [6, 6.07) is 13.2. The second kappa shape index (κ2) is 8.55. The SMILES string of the molecule is CC(C)c1ccc(C(=O)Nc2ccc(CN3CCN(C)CC3)cc2)c(O)c1. The average Bonchev–Trinajstić information content (AvgIpc) is 2.65. The molecular weight excluding hydrogens is 338 g/mol. The lowest BCUT2D eigenvalue weighted by Gasteiger charge is -2.32. The van der Waals surface area contributed by atoms with Gasteiger partial charge >= 0.3 is 0 Å². The van der Waals surface area contributed by atoms with Crippen LogP contribution < -0.4 is 5.32 Å². The summed E-state index contributed by atoms with van der Waals surface area (Å²) >= 11 is 0. The molecule has 1 amide bonds. The minimum absolute atomic E-state index is 0.0189. The number of nitrogens with zero attached hydrogens (tertiary/aromatic N) is 2. The number of rotatable bonds is 5. The van der Waals surface area contributed by atoms with Crippen LogP contribution in [0.15, 0.2) is 42.5 Å². The molecule has 5 nitrogen and oxygen atoms in total. The van der Waals surface area contributed by atoms with Gasteiger partial charge in [-0.2, -0.15) is 0 Å². The Labute approximate surface area is 161 Å². The number of phenolic OH excluding ortho intramolecular Hbond substituents is 1. The number of anilines is 1. The number of aromatic hydroxyl groups is 1. The molecule has 1 fully saturated rings. The van der Waals surface area contributed by atoms with Gasteiger partial charge in [0.1, 0.15) is 5.75 Å². The van der Waals surface area contributed by atoms with Crippen LogP contribution in [-0.4, -0.2) is 54.0 Å². The molecule has 144 valence electrons. The topological polar surface area (TPSA) is 55.8 Å². The Morgan fingerprint density at radius 2 is 1.74 bits per heavy atom. The molecule has 0 spiro atoms. The summed E-state index contributed by atoms with van der Waals surface area (Å²) in [5.74, 6) is 0.0286. The van der Waals surface area contributed by atoms with Gasteiger partial charge in [-0.1, -0.05) is 32.0 Å². The molecule has 1 aliphatic rings. The minimum Gasteiger partial charge on any atom is -0.507 e. The summed E-state index contributed by atoms with van der Waals surface area (Å²) in [5, 5.41) is 13.0. The summed E-state index contributed by atoms with van der Waals surface area (Å²) in [5.41, 5.74) is 3.27. The fourth-order valence-corrected chi connectivity index (χ4v) is 3.26. The van der Waals surface area contributed by atoms with Gasteiger partial charge in [-0.05, 0) is 48.4 Å². The third kappa shape index (κ3) is 5.08. The van der Waals surface area contributed by atoms with E-state index in [1.807, 2.05) is 18.2 Å². The highest BCUT2D eigenvalue weighted by atomic mass is 16.3. The van der Waals surface area contributed by atoms with Gasteiger partial charge in [0.2, 0.25) is 0 Å². The maximum atomic E-state index is 12.5. The van der Waals surface area contributed by atoms with E-state index in [4.69, 9.17) is 0 Å². The normalized spacial score (nSPS) is 15.9. The van der Waals surface area contributed by atoms with Gasteiger partial charge in [0.25, 0.3) is 5.91 Å². The third-order valence-corrected chi connectivity index (χ3v) is 5.15. The zero-order valence-corrected chi connectivity index (χ0v) is 16.4. The smallest absolute Gasteiger partial charge is 0.259 e. The Hall–Kier alpha value is -2.37. The minimum atomic E-state index is -0.297. The van der Waals surface area contributed by atoms with Gasteiger partial charge in [-0.15, -0.1) is 0 Å². The zero-order chi connectivity index (χ0) is 19.4. The summed E-state index contributed by atoms with van der Waals surface area (Å²) < 4.78 is 0. The first kappa shape index (κ1) is 19.4. The van der Waals surface area contributed by atoms with Gasteiger partial charge in [0.05, 0.1) is 5.56 Å². The van der Waals surface area contributed by atoms with Crippen molar-refractivity contribution in [2.75, 3.05) is 38.5 Å². The lowest BCUT2D eigenvalue weighted by atomic mass is 10.0. The summed E-state index contributed by atoms with van der Waals surface area (Å²) in [6.45, 7) is 9.41. The molecule has 0 radical (unpaired) electrons. The van der Waals surface area contributed by atoms with Crippen molar-refractivity contribution >= 4 is 11.6 Å². The van der Waals surface area contributed by atoms with Crippen molar-refractivity contribution in [3.8, 4) is 5.75 Å². The van der Waals surface area contributed by atoms with E-state index in [1.54, 1.807) is 12.1 Å². The van der Waals surface area contributed by atoms with Crippen molar-refractivity contribution in [1.29, 1.82) is 0 Å². The number of amides is 1. The fraction of sp³-hybridized carbons (Fsp3) is 0.409. The molecule has 0 aromatic heterocycles. The van der Waals surface area contributed by atoms with E-state index in [9.17, 15) is 9.90 Å². The Morgan fingerprint density at radius 1 is 1.07 bits per heavy atom. The van der Waals surface area contributed by atoms with Crippen LogP contribution >= 0.6 is 0 Å². The van der Waals surface area contributed by atoms with Crippen LogP contribution in [0.25, 0.3) is 0 Å². The zero-order valence-electron chi connectivity index (χ0n) is 16.4. The van der Waals surface area contributed by atoms with Crippen LogP contribution in [0, 0.1) is 0 Å². The molecule has 1 saturated heterocycles. The second-order valence-electron chi connectivity index (χ2n) is 7.66. The van der Waals surface area contributed by atoms with Crippen LogP contribution in [0.3, 0.4) is 0 Å². The molecule has 0 aliphatic carbocycles. The van der Waals surface area contributed by atoms with Crippen molar-refractivity contribution in [2.24, 2.45) is 0 Å². The van der Waals surface area contributed by atoms with E-state index in [0.29, 0.717) is 11.5 Å². The maximum absolute atomic E-state index is 12.5. The molecule has 27 heavy (non-hydrogen) atoms. The van der Waals surface area contributed by atoms with E-state index in [2.05, 4.69) is 48.1 Å². The van der Waals surface area contributed by atoms with Crippen molar-refractivity contribution in [2.45, 2.75) is 26.3 Å². The van der Waals surface area contributed by atoms with E-state index < -0.39 is 0 Å². The first-order valence-electron chi connectivity index (χ1n) is 9.56. The molecule has 1 aliphatic heterocycles. The van der Waals surface area contributed by atoms with Crippen molar-refractivity contribution in [1.82, 2.24) is 9.80 Å². The van der Waals surface area contributed by atoms with Gasteiger partial charge < -0.3 is 15.3 Å². The highest BCUT2D eigenvalue weighted by Gasteiger charge is 2.15. The van der Waals surface area contributed by atoms with Gasteiger partial charge in [0.15, 0.2) is 0 Å². The number of hydrogen-bond acceptors (Lipinski definition) is 4. The van der Waals surface area contributed by atoms with Crippen molar-refractivity contribution < 1.29 is 9.90 Å². The van der Waals surface area contributed by atoms with Crippen LogP contribution in [0.2, 0.25) is 0 Å². The third-order valence-electron chi connectivity index (χ3n) is 5.15. The first-order chi connectivity index (χ1) is 12.9. The number of likely N-dealkylation sites (N-methyl/N-ethyl adjacent to an activating group) is 1. The predicted octanol–water partition coefficient (Wildman–Crippen LogP) is 3.52. The molecule has 2 aromatic rings. The molecule has 2 N–H and O–H groups in total. The number of phenols is 1. The summed E-state index contributed by atoms with van der Waals surface area (Å²) in [7, 11) is 2.16. The number of piperazine rings is 1. The Balaban J connectivity index is 1.60. The van der Waals surface area contributed by atoms with Crippen LogP contribution in [-0.2, 0) is 6.54 Å². The van der Waals surface area contributed by atoms with Crippen molar-refractivity contribution in [3.63, 3.8) is 0 Å². The Bertz CT molecular complexity index is 779. The summed E-state index contributed by atoms with van der Waals surface area (Å²) in [6.07, 6.45) is 0. The molecule has 1 heterocycles. The van der Waals surface area contributed by atoms with Gasteiger partial charge in [0, 0.05) is 38.4 Å². The fourth-order valence-electron chi connectivity index (χ4n) is 3.26. The number of nitrogens with one attached hydrogen (secondary N) is 1. The molecule has 0 saturated carbocycles. The first-order valence-corrected chi connectivity index (χ1v) is 9.56. The molecule has 0 bridgehead atoms.